The summed E-state index contributed by atoms with van der Waals surface area (Å²) in [6.45, 7) is 4.75. The number of hydrogen-bond donors (Lipinski definition) is 2. The van der Waals surface area contributed by atoms with E-state index in [-0.39, 0.29) is 17.1 Å². The van der Waals surface area contributed by atoms with Crippen molar-refractivity contribution in [1.82, 2.24) is 9.88 Å². The van der Waals surface area contributed by atoms with E-state index in [0.717, 1.165) is 12.8 Å². The quantitative estimate of drug-likeness (QED) is 0.856. The van der Waals surface area contributed by atoms with Gasteiger partial charge in [0.05, 0.1) is 17.4 Å². The average Bonchev–Trinajstić information content (AvgIpc) is 2.69. The van der Waals surface area contributed by atoms with Crippen LogP contribution in [0, 0.1) is 0 Å². The number of nitrogens with one attached hydrogen (secondary N) is 1. The van der Waals surface area contributed by atoms with E-state index in [9.17, 15) is 9.59 Å². The van der Waals surface area contributed by atoms with Crippen LogP contribution in [0.2, 0.25) is 0 Å². The monoisotopic (exact) mass is 263 g/mol. The number of pyridine rings is 1. The summed E-state index contributed by atoms with van der Waals surface area (Å²) in [4.78, 5) is 28.6. The number of hydrogen-bond acceptors (Lipinski definition) is 3. The minimum atomic E-state index is -1.06. The Morgan fingerprint density at radius 3 is 2.74 bits per heavy atom. The minimum Gasteiger partial charge on any atom is -0.478 e. The standard InChI is InChI=1S/C13H17N3O3/c1-13(2)4-3-5-16(13)12(19)15-10-6-9(11(17)18)7-14-8-10/h6-8H,3-5H2,1-2H3,(H,15,19)(H,17,18). The molecular formula is C13H17N3O3. The van der Waals surface area contributed by atoms with Crippen molar-refractivity contribution in [3.63, 3.8) is 0 Å². The molecule has 2 N–H and O–H groups in total. The lowest BCUT2D eigenvalue weighted by Crippen LogP contribution is -2.45. The van der Waals surface area contributed by atoms with Gasteiger partial charge < -0.3 is 15.3 Å². The highest BCUT2D eigenvalue weighted by Gasteiger charge is 2.35. The van der Waals surface area contributed by atoms with Crippen LogP contribution in [0.15, 0.2) is 18.5 Å². The summed E-state index contributed by atoms with van der Waals surface area (Å²) >= 11 is 0. The molecule has 1 aliphatic heterocycles. The number of likely N-dealkylation sites (tertiary alicyclic amines) is 1. The molecule has 1 aliphatic rings. The van der Waals surface area contributed by atoms with Crippen molar-refractivity contribution in [2.75, 3.05) is 11.9 Å². The Morgan fingerprint density at radius 2 is 2.16 bits per heavy atom. The van der Waals surface area contributed by atoms with Gasteiger partial charge >= 0.3 is 12.0 Å². The second-order valence-electron chi connectivity index (χ2n) is 5.27. The van der Waals surface area contributed by atoms with E-state index in [1.54, 1.807) is 4.90 Å². The Kier molecular flexibility index (Phi) is 3.42. The molecule has 102 valence electrons. The smallest absolute Gasteiger partial charge is 0.337 e. The third kappa shape index (κ3) is 2.83. The normalized spacial score (nSPS) is 17.3. The number of carbonyl (C=O) groups excluding carboxylic acids is 1. The molecule has 0 aromatic carbocycles. The Morgan fingerprint density at radius 1 is 1.42 bits per heavy atom. The van der Waals surface area contributed by atoms with Crippen LogP contribution in [-0.2, 0) is 0 Å². The lowest BCUT2D eigenvalue weighted by atomic mass is 10.0. The molecule has 6 nitrogen and oxygen atoms in total. The molecule has 6 heteroatoms. The van der Waals surface area contributed by atoms with Gasteiger partial charge in [0.1, 0.15) is 0 Å². The van der Waals surface area contributed by atoms with Crippen molar-refractivity contribution < 1.29 is 14.7 Å². The molecule has 19 heavy (non-hydrogen) atoms. The topological polar surface area (TPSA) is 82.5 Å². The van der Waals surface area contributed by atoms with Crippen LogP contribution in [0.1, 0.15) is 37.0 Å². The first-order valence-corrected chi connectivity index (χ1v) is 6.17. The van der Waals surface area contributed by atoms with Gasteiger partial charge in [-0.05, 0) is 32.8 Å². The molecule has 0 bridgehead atoms. The molecule has 0 radical (unpaired) electrons. The highest BCUT2D eigenvalue weighted by molar-refractivity contribution is 5.93. The first kappa shape index (κ1) is 13.3. The second-order valence-corrected chi connectivity index (χ2v) is 5.27. The van der Waals surface area contributed by atoms with Crippen molar-refractivity contribution >= 4 is 17.7 Å². The summed E-state index contributed by atoms with van der Waals surface area (Å²) < 4.78 is 0. The molecule has 0 spiro atoms. The molecule has 1 aromatic heterocycles. The molecule has 2 rings (SSSR count). The average molecular weight is 263 g/mol. The van der Waals surface area contributed by atoms with Gasteiger partial charge in [-0.1, -0.05) is 0 Å². The van der Waals surface area contributed by atoms with Crippen molar-refractivity contribution in [3.8, 4) is 0 Å². The molecule has 1 saturated heterocycles. The summed E-state index contributed by atoms with van der Waals surface area (Å²) in [5, 5.41) is 11.6. The number of amides is 2. The summed E-state index contributed by atoms with van der Waals surface area (Å²) in [6.07, 6.45) is 4.63. The SMILES string of the molecule is CC1(C)CCCN1C(=O)Nc1cncc(C(=O)O)c1. The van der Waals surface area contributed by atoms with Crippen molar-refractivity contribution in [1.29, 1.82) is 0 Å². The summed E-state index contributed by atoms with van der Waals surface area (Å²) in [7, 11) is 0. The fraction of sp³-hybridized carbons (Fsp3) is 0.462. The molecule has 0 atom stereocenters. The van der Waals surface area contributed by atoms with Crippen LogP contribution in [0.25, 0.3) is 0 Å². The van der Waals surface area contributed by atoms with Gasteiger partial charge in [0.2, 0.25) is 0 Å². The van der Waals surface area contributed by atoms with Crippen molar-refractivity contribution in [2.24, 2.45) is 0 Å². The zero-order valence-corrected chi connectivity index (χ0v) is 11.0. The predicted octanol–water partition coefficient (Wildman–Crippen LogP) is 2.19. The number of nitrogens with zero attached hydrogens (tertiary/aromatic N) is 2. The molecule has 0 aliphatic carbocycles. The van der Waals surface area contributed by atoms with E-state index in [4.69, 9.17) is 5.11 Å². The van der Waals surface area contributed by atoms with Gasteiger partial charge in [-0.15, -0.1) is 0 Å². The van der Waals surface area contributed by atoms with E-state index in [1.165, 1.54) is 18.5 Å². The molecule has 1 aromatic rings. The van der Waals surface area contributed by atoms with Crippen LogP contribution in [0.5, 0.6) is 0 Å². The van der Waals surface area contributed by atoms with E-state index >= 15 is 0 Å². The van der Waals surface area contributed by atoms with E-state index in [0.29, 0.717) is 12.2 Å². The van der Waals surface area contributed by atoms with E-state index in [1.807, 2.05) is 13.8 Å². The molecular weight excluding hydrogens is 246 g/mol. The largest absolute Gasteiger partial charge is 0.478 e. The number of carboxylic acids is 1. The second kappa shape index (κ2) is 4.87. The number of rotatable bonds is 2. The van der Waals surface area contributed by atoms with Gasteiger partial charge in [0.25, 0.3) is 0 Å². The fourth-order valence-electron chi connectivity index (χ4n) is 2.30. The van der Waals surface area contributed by atoms with E-state index in [2.05, 4.69) is 10.3 Å². The maximum absolute atomic E-state index is 12.2. The maximum Gasteiger partial charge on any atom is 0.337 e. The third-order valence-electron chi connectivity index (χ3n) is 3.38. The van der Waals surface area contributed by atoms with Gasteiger partial charge in [0.15, 0.2) is 0 Å². The van der Waals surface area contributed by atoms with Crippen molar-refractivity contribution in [2.45, 2.75) is 32.2 Å². The molecule has 1 fully saturated rings. The summed E-state index contributed by atoms with van der Waals surface area (Å²) in [6, 6.07) is 1.18. The lowest BCUT2D eigenvalue weighted by molar-refractivity contribution is 0.0696. The van der Waals surface area contributed by atoms with Crippen LogP contribution in [0.4, 0.5) is 10.5 Å². The number of anilines is 1. The predicted molar refractivity (Wildman–Crippen MR) is 70.2 cm³/mol. The zero-order chi connectivity index (χ0) is 14.0. The van der Waals surface area contributed by atoms with Gasteiger partial charge in [0, 0.05) is 18.3 Å². The minimum absolute atomic E-state index is 0.0542. The zero-order valence-electron chi connectivity index (χ0n) is 11.0. The number of aromatic nitrogens is 1. The van der Waals surface area contributed by atoms with Crippen LogP contribution < -0.4 is 5.32 Å². The van der Waals surface area contributed by atoms with Crippen LogP contribution in [-0.4, -0.2) is 39.1 Å². The van der Waals surface area contributed by atoms with Crippen LogP contribution in [0.3, 0.4) is 0 Å². The number of carboxylic acid groups (broad SMARTS) is 1. The van der Waals surface area contributed by atoms with Gasteiger partial charge in [-0.25, -0.2) is 9.59 Å². The molecule has 2 amide bonds. The number of carbonyl (C=O) groups is 2. The summed E-state index contributed by atoms with van der Waals surface area (Å²) in [5.41, 5.74) is 0.285. The Bertz CT molecular complexity index is 514. The number of aromatic carboxylic acids is 1. The fourth-order valence-corrected chi connectivity index (χ4v) is 2.30. The first-order valence-electron chi connectivity index (χ1n) is 6.17. The van der Waals surface area contributed by atoms with Crippen molar-refractivity contribution in [3.05, 3.63) is 24.0 Å². The maximum atomic E-state index is 12.2. The van der Waals surface area contributed by atoms with Crippen LogP contribution >= 0.6 is 0 Å². The highest BCUT2D eigenvalue weighted by Crippen LogP contribution is 2.28. The van der Waals surface area contributed by atoms with Gasteiger partial charge in [-0.3, -0.25) is 4.98 Å². The number of urea groups is 1. The van der Waals surface area contributed by atoms with E-state index < -0.39 is 5.97 Å². The Balaban J connectivity index is 2.11. The summed E-state index contributed by atoms with van der Waals surface area (Å²) in [5.74, 6) is -1.06. The molecule has 2 heterocycles. The van der Waals surface area contributed by atoms with Gasteiger partial charge in [-0.2, -0.15) is 0 Å². The highest BCUT2D eigenvalue weighted by atomic mass is 16.4. The Labute approximate surface area is 111 Å². The third-order valence-corrected chi connectivity index (χ3v) is 3.38. The molecule has 0 saturated carbocycles. The first-order chi connectivity index (χ1) is 8.90. The lowest BCUT2D eigenvalue weighted by Gasteiger charge is -2.31. The molecule has 0 unspecified atom stereocenters. The Hall–Kier alpha value is -2.11.